The second-order valence-electron chi connectivity index (χ2n) is 40.5. The van der Waals surface area contributed by atoms with E-state index in [4.69, 9.17) is 19.4 Å². The molecule has 3 aromatic carbocycles. The fraction of sp³-hybridized carbons (Fsp3) is 0.592. The first kappa shape index (κ1) is 93.4. The molecule has 19 rings (SSSR count). The second kappa shape index (κ2) is 34.5. The zero-order chi connectivity index (χ0) is 92.0. The number of sulfonamides is 2. The van der Waals surface area contributed by atoms with Gasteiger partial charge in [0.2, 0.25) is 20.0 Å². The van der Waals surface area contributed by atoms with Crippen molar-refractivity contribution < 1.29 is 85.4 Å². The summed E-state index contributed by atoms with van der Waals surface area (Å²) in [6, 6.07) is 19.2. The molecule has 3 aromatic heterocycles. The molecule has 10 fully saturated rings. The summed E-state index contributed by atoms with van der Waals surface area (Å²) in [5, 5.41) is 82.5. The van der Waals surface area contributed by atoms with E-state index in [-0.39, 0.29) is 156 Å². The number of aliphatic hydroxyl groups is 6. The quantitative estimate of drug-likeness (QED) is 0.0245. The minimum absolute atomic E-state index is 0.00707. The van der Waals surface area contributed by atoms with Crippen LogP contribution in [0, 0.1) is 115 Å². The van der Waals surface area contributed by atoms with Crippen molar-refractivity contribution in [1.82, 2.24) is 33.5 Å². The van der Waals surface area contributed by atoms with Gasteiger partial charge in [-0.3, -0.25) is 28.8 Å². The number of thioether (sulfide) groups is 3. The van der Waals surface area contributed by atoms with Crippen LogP contribution in [0.25, 0.3) is 33.2 Å². The Morgan fingerprint density at radius 2 is 1.05 bits per heavy atom. The summed E-state index contributed by atoms with van der Waals surface area (Å²) < 4.78 is 68.7. The van der Waals surface area contributed by atoms with Gasteiger partial charge < -0.3 is 49.3 Å². The van der Waals surface area contributed by atoms with Gasteiger partial charge in [0.1, 0.15) is 22.3 Å². The minimum atomic E-state index is -3.70. The number of carbonyl (C=O) groups excluding carboxylic acids is 6. The van der Waals surface area contributed by atoms with Crippen molar-refractivity contribution in [2.75, 3.05) is 50.1 Å². The maximum absolute atomic E-state index is 14.0. The lowest BCUT2D eigenvalue weighted by molar-refractivity contribution is -0.180. The van der Waals surface area contributed by atoms with Crippen molar-refractivity contribution in [3.8, 4) is 6.07 Å². The van der Waals surface area contributed by atoms with Crippen molar-refractivity contribution in [3.05, 3.63) is 132 Å². The number of nitrogens with zero attached hydrogens (tertiary/aromatic N) is 6. The van der Waals surface area contributed by atoms with Crippen LogP contribution in [-0.2, 0) is 60.1 Å². The van der Waals surface area contributed by atoms with E-state index in [1.165, 1.54) is 46.0 Å². The van der Waals surface area contributed by atoms with Crippen molar-refractivity contribution in [3.63, 3.8) is 0 Å². The van der Waals surface area contributed by atoms with Crippen molar-refractivity contribution in [2.45, 2.75) is 233 Å². The number of rotatable bonds is 21. The summed E-state index contributed by atoms with van der Waals surface area (Å²) in [6.07, 6.45) is 23.7. The SMILES string of the molecule is CCCCNS(=O)(=O)c1ccc2nc(SCC(=O)[C@@]3(O)[C@H](C)CC4C5CCC6=CC(=O)C=CC6(C)C5[C@@H](O)CC43C)[nH]c2c1.C[C@@H]1CC2C3CCC4=CC(=O)C=CC4(C)C3[C@@H](O)CC2(C)[C@@]1(O)C(=O)CSc1nc2cc(S(=O)(=O)N3CCOCC3)ccc2o1.C[C@@H]1CC2C3CCC4=CC(=O)C=CC4(C)C3[C@@H](O)CC2(C)[C@@]1(O)C(=O)CSc1nc2ccccc2n1CCC#N. The molecule has 1 saturated heterocycles. The number of para-hydroxylation sites is 2. The number of hydrogen-bond donors (Lipinski definition) is 8. The van der Waals surface area contributed by atoms with Gasteiger partial charge in [0, 0.05) is 76.4 Å². The molecule has 0 radical (unpaired) electrons. The summed E-state index contributed by atoms with van der Waals surface area (Å²) in [7, 11) is -7.35. The Hall–Kier alpha value is -7.39. The number of aryl methyl sites for hydroxylation is 1. The Labute approximate surface area is 766 Å². The van der Waals surface area contributed by atoms with Crippen molar-refractivity contribution >= 4 is 123 Å². The molecule has 15 unspecified atom stereocenters. The molecule has 4 heterocycles. The lowest BCUT2D eigenvalue weighted by Crippen LogP contribution is -2.62. The van der Waals surface area contributed by atoms with Gasteiger partial charge in [0.25, 0.3) is 5.22 Å². The molecule has 0 amide bonds. The number of H-pyrrole nitrogens is 1. The Kier molecular flexibility index (Phi) is 25.0. The van der Waals surface area contributed by atoms with E-state index < -0.39 is 82.2 Å². The highest BCUT2D eigenvalue weighted by atomic mass is 32.2. The van der Waals surface area contributed by atoms with Crippen molar-refractivity contribution in [2.24, 2.45) is 104 Å². The number of ketones is 6. The monoisotopic (exact) mass is 1860 g/mol. The largest absolute Gasteiger partial charge is 0.431 e. The highest BCUT2D eigenvalue weighted by molar-refractivity contribution is 8.00. The standard InChI is InChI=1S/C33H43N3O6S2.C33H40N2O8S2.C32H37N3O4S/c1-5-6-13-34-44(41,42)22-8-10-25-26(16-22)36-30(35-25)43-18-28(39)33(40)19(2)14-24-23-9-7-20-15-21(37)11-12-31(20,3)29(23)27(38)17-32(24,33)4;1-19-14-24-23-6-4-20-15-21(36)8-9-31(20,2)29(23)26(37)17-32(24,3)33(19,39)28(38)18-44-30-34-25-16-22(5-7-27(25)43-30)45(40,41)35-10-12-42-13-11-35;1-19-15-23-22-10-9-20-16-21(36)11-12-30(20,2)28(22)26(37)17-31(23,3)32(19,39)27(38)18-40-29-34-24-7-4-5-8-25(24)35(29)14-6-13-33/h8,10-12,15-16,19,23-24,27,29,34,38,40H,5-7,9,13-14,17-18H2,1-4H3,(H,35,36);5,7-9,15-16,19,23-24,26,29,37,39H,4,6,10-14,17-18H2,1-3H3;4-5,7-8,11-12,16,19,22-23,26,28,37,39H,6,9-10,14-15,17-18H2,1-3H3/t19-,23?,24?,27+,29?,31?,32?,33+;19-,23?,24?,26+,29?,31?,32?,33+;19-,22?,23?,26+,28?,30?,31?,32+/m111/s1. The number of hydrogen-bond acceptors (Lipinski definition) is 25. The topological polar surface area (TPSA) is 413 Å². The lowest BCUT2D eigenvalue weighted by Gasteiger charge is -2.59. The smallest absolute Gasteiger partial charge is 0.257 e. The number of aromatic nitrogens is 5. The van der Waals surface area contributed by atoms with E-state index in [9.17, 15) is 76.2 Å². The molecule has 26 nitrogen and oxygen atoms in total. The number of benzene rings is 3. The third-order valence-electron chi connectivity index (χ3n) is 34.1. The van der Waals surface area contributed by atoms with Crippen LogP contribution in [-0.4, -0.2) is 196 Å². The number of nitriles is 1. The summed E-state index contributed by atoms with van der Waals surface area (Å²) in [6.45, 7) is 22.3. The predicted octanol–water partition coefficient (Wildman–Crippen LogP) is 13.2. The predicted molar refractivity (Wildman–Crippen MR) is 489 cm³/mol. The van der Waals surface area contributed by atoms with E-state index in [1.807, 2.05) is 95.5 Å². The number of imidazole rings is 2. The minimum Gasteiger partial charge on any atom is -0.431 e. The molecular formula is C98H120N8O18S5. The van der Waals surface area contributed by atoms with E-state index >= 15 is 0 Å². The summed E-state index contributed by atoms with van der Waals surface area (Å²) in [5.74, 6) is -1.30. The number of Topliss-reactive ketones (excluding diaryl/α,β-unsaturated/α-hetero) is 3. The summed E-state index contributed by atoms with van der Waals surface area (Å²) >= 11 is 3.60. The first-order valence-corrected chi connectivity index (χ1v) is 51.8. The Morgan fingerprint density at radius 3 is 1.53 bits per heavy atom. The van der Waals surface area contributed by atoms with E-state index in [0.29, 0.717) is 97.3 Å². The van der Waals surface area contributed by atoms with E-state index in [1.54, 1.807) is 54.7 Å². The first-order chi connectivity index (χ1) is 61.1. The van der Waals surface area contributed by atoms with Crippen LogP contribution in [0.3, 0.4) is 0 Å². The molecule has 12 aliphatic carbocycles. The molecule has 0 spiro atoms. The van der Waals surface area contributed by atoms with Gasteiger partial charge in [-0.25, -0.2) is 36.5 Å². The van der Waals surface area contributed by atoms with Crippen molar-refractivity contribution in [1.29, 1.82) is 5.26 Å². The highest BCUT2D eigenvalue weighted by Gasteiger charge is 2.74. The van der Waals surface area contributed by atoms with Crippen LogP contribution >= 0.6 is 35.3 Å². The Balaban J connectivity index is 0.000000136. The molecule has 6 aromatic rings. The summed E-state index contributed by atoms with van der Waals surface area (Å²) in [4.78, 5) is 95.6. The molecule has 8 N–H and O–H groups in total. The molecule has 13 aliphatic rings. The number of aliphatic hydroxyl groups excluding tert-OH is 3. The average Bonchev–Trinajstić information content (AvgIpc) is 1.57. The third-order valence-corrected chi connectivity index (χ3v) is 40.1. The maximum atomic E-state index is 14.0. The van der Waals surface area contributed by atoms with E-state index in [2.05, 4.69) is 46.5 Å². The zero-order valence-electron chi connectivity index (χ0n) is 74.9. The third kappa shape index (κ3) is 15.2. The van der Waals surface area contributed by atoms with E-state index in [0.717, 1.165) is 97.3 Å². The number of ether oxygens (including phenoxy) is 1. The molecule has 9 saturated carbocycles. The molecule has 1 aliphatic heterocycles. The maximum Gasteiger partial charge on any atom is 0.257 e. The van der Waals surface area contributed by atoms with Gasteiger partial charge >= 0.3 is 0 Å². The number of fused-ring (bicyclic) bond motifs is 18. The van der Waals surface area contributed by atoms with Crippen LogP contribution in [0.1, 0.15) is 166 Å². The fourth-order valence-corrected chi connectivity index (χ4v) is 32.9. The van der Waals surface area contributed by atoms with Crippen LogP contribution in [0.4, 0.5) is 0 Å². The molecule has 129 heavy (non-hydrogen) atoms. The number of morpholine rings is 1. The van der Waals surface area contributed by atoms with Gasteiger partial charge in [-0.1, -0.05) is 158 Å². The number of aromatic amines is 1. The Morgan fingerprint density at radius 1 is 0.589 bits per heavy atom. The molecule has 690 valence electrons. The lowest BCUT2D eigenvalue weighted by atomic mass is 9.46. The fourth-order valence-electron chi connectivity index (χ4n) is 27.7. The van der Waals surface area contributed by atoms with Gasteiger partial charge in [0.15, 0.2) is 50.6 Å². The van der Waals surface area contributed by atoms with Gasteiger partial charge in [0.05, 0.1) is 93.1 Å². The zero-order valence-corrected chi connectivity index (χ0v) is 79.0. The van der Waals surface area contributed by atoms with Crippen LogP contribution in [0.5, 0.6) is 0 Å². The normalized spacial score (nSPS) is 37.8. The first-order valence-electron chi connectivity index (χ1n) is 45.9. The number of carbonyl (C=O) groups is 6. The number of allylic oxidation sites excluding steroid dienone is 12. The van der Waals surface area contributed by atoms with Crippen LogP contribution in [0.2, 0.25) is 0 Å². The highest BCUT2D eigenvalue weighted by Crippen LogP contribution is 2.72. The number of oxazole rings is 1. The summed E-state index contributed by atoms with van der Waals surface area (Å²) in [5.41, 5.74) is -1.49. The molecular weight excluding hydrogens is 1740 g/mol. The molecule has 0 bridgehead atoms. The van der Waals surface area contributed by atoms with Crippen LogP contribution < -0.4 is 4.72 Å². The van der Waals surface area contributed by atoms with Gasteiger partial charge in [-0.15, -0.1) is 0 Å². The molecule has 31 heteroatoms. The van der Waals surface area contributed by atoms with Gasteiger partial charge in [-0.05, 0) is 222 Å². The average molecular weight is 1860 g/mol. The molecule has 24 atom stereocenters. The van der Waals surface area contributed by atoms with Gasteiger partial charge in [-0.2, -0.15) is 9.57 Å². The number of nitrogens with one attached hydrogen (secondary N) is 2. The van der Waals surface area contributed by atoms with Crippen LogP contribution in [0.15, 0.2) is 162 Å². The Bertz CT molecular complexity index is 6020. The number of unbranched alkanes of at least 4 members (excludes halogenated alkanes) is 1. The second-order valence-corrected chi connectivity index (χ2v) is 47.1.